The summed E-state index contributed by atoms with van der Waals surface area (Å²) in [5.74, 6) is -0.906. The Balaban J connectivity index is 2.56. The molecule has 0 fully saturated rings. The van der Waals surface area contributed by atoms with Crippen molar-refractivity contribution >= 4 is 12.0 Å². The van der Waals surface area contributed by atoms with Crippen LogP contribution in [-0.4, -0.2) is 42.1 Å². The van der Waals surface area contributed by atoms with Gasteiger partial charge in [-0.15, -0.1) is 0 Å². The average molecular weight is 306 g/mol. The monoisotopic (exact) mass is 306 g/mol. The summed E-state index contributed by atoms with van der Waals surface area (Å²) in [6.07, 6.45) is 0.956. The zero-order valence-corrected chi connectivity index (χ0v) is 13.8. The van der Waals surface area contributed by atoms with Gasteiger partial charge >= 0.3 is 12.0 Å². The third kappa shape index (κ3) is 5.39. The summed E-state index contributed by atoms with van der Waals surface area (Å²) in [7, 11) is 1.60. The molecule has 1 aromatic rings. The molecule has 0 radical (unpaired) electrons. The summed E-state index contributed by atoms with van der Waals surface area (Å²) in [4.78, 5) is 23.9. The lowest BCUT2D eigenvalue weighted by molar-refractivity contribution is -0.137. The lowest BCUT2D eigenvalue weighted by atomic mass is 9.84. The van der Waals surface area contributed by atoms with Gasteiger partial charge in [0.25, 0.3) is 0 Å². The van der Waals surface area contributed by atoms with Crippen molar-refractivity contribution in [3.8, 4) is 0 Å². The molecule has 0 aromatic heterocycles. The van der Waals surface area contributed by atoms with Crippen LogP contribution in [0.4, 0.5) is 4.79 Å². The second-order valence-electron chi connectivity index (χ2n) is 6.16. The molecule has 0 bridgehead atoms. The van der Waals surface area contributed by atoms with Crippen LogP contribution in [0.1, 0.15) is 38.3 Å². The van der Waals surface area contributed by atoms with Crippen LogP contribution < -0.4 is 5.32 Å². The van der Waals surface area contributed by atoms with Gasteiger partial charge in [-0.25, -0.2) is 4.79 Å². The molecule has 0 unspecified atom stereocenters. The van der Waals surface area contributed by atoms with Gasteiger partial charge < -0.3 is 15.3 Å². The Bertz CT molecular complexity index is 509. The maximum atomic E-state index is 12.0. The molecule has 0 saturated carbocycles. The number of nitrogens with one attached hydrogen (secondary N) is 1. The van der Waals surface area contributed by atoms with Crippen LogP contribution >= 0.6 is 0 Å². The number of aryl methyl sites for hydroxylation is 1. The Morgan fingerprint density at radius 1 is 1.23 bits per heavy atom. The second kappa shape index (κ2) is 7.82. The fraction of sp³-hybridized carbons (Fsp3) is 0.529. The van der Waals surface area contributed by atoms with Gasteiger partial charge in [0.05, 0.1) is 6.42 Å². The first kappa shape index (κ1) is 18.0. The maximum Gasteiger partial charge on any atom is 0.317 e. The van der Waals surface area contributed by atoms with Crippen LogP contribution in [0, 0.1) is 0 Å². The number of benzene rings is 1. The molecule has 0 saturated heterocycles. The summed E-state index contributed by atoms with van der Waals surface area (Å²) >= 11 is 0. The second-order valence-corrected chi connectivity index (χ2v) is 6.16. The Hall–Kier alpha value is -2.04. The third-order valence-electron chi connectivity index (χ3n) is 3.83. The molecule has 22 heavy (non-hydrogen) atoms. The number of carbonyl (C=O) groups excluding carboxylic acids is 1. The molecule has 122 valence electrons. The molecule has 0 aliphatic rings. The van der Waals surface area contributed by atoms with Crippen molar-refractivity contribution in [2.75, 3.05) is 20.1 Å². The SMILES string of the molecule is CCc1ccc(C(C)(C)CNC(=O)N(C)CCC(=O)O)cc1. The molecule has 0 spiro atoms. The highest BCUT2D eigenvalue weighted by molar-refractivity contribution is 5.75. The van der Waals surface area contributed by atoms with E-state index in [9.17, 15) is 9.59 Å². The molecule has 0 atom stereocenters. The molecule has 1 rings (SSSR count). The highest BCUT2D eigenvalue weighted by Gasteiger charge is 2.22. The molecular weight excluding hydrogens is 280 g/mol. The van der Waals surface area contributed by atoms with E-state index in [0.717, 1.165) is 12.0 Å². The molecule has 5 nitrogen and oxygen atoms in total. The smallest absolute Gasteiger partial charge is 0.317 e. The van der Waals surface area contributed by atoms with Crippen molar-refractivity contribution in [1.82, 2.24) is 10.2 Å². The van der Waals surface area contributed by atoms with Gasteiger partial charge in [-0.05, 0) is 17.5 Å². The van der Waals surface area contributed by atoms with Gasteiger partial charge in [0.1, 0.15) is 0 Å². The van der Waals surface area contributed by atoms with E-state index in [0.29, 0.717) is 6.54 Å². The fourth-order valence-corrected chi connectivity index (χ4v) is 2.09. The number of urea groups is 1. The number of amides is 2. The fourth-order valence-electron chi connectivity index (χ4n) is 2.09. The minimum atomic E-state index is -0.906. The predicted octanol–water partition coefficient (Wildman–Crippen LogP) is 2.64. The summed E-state index contributed by atoms with van der Waals surface area (Å²) in [5, 5.41) is 11.5. The standard InChI is InChI=1S/C17H26N2O3/c1-5-13-6-8-14(9-7-13)17(2,3)12-18-16(22)19(4)11-10-15(20)21/h6-9H,5,10-12H2,1-4H3,(H,18,22)(H,20,21). The van der Waals surface area contributed by atoms with Crippen LogP contribution in [0.5, 0.6) is 0 Å². The van der Waals surface area contributed by atoms with Gasteiger partial charge in [-0.3, -0.25) is 4.79 Å². The van der Waals surface area contributed by atoms with Crippen molar-refractivity contribution < 1.29 is 14.7 Å². The normalized spacial score (nSPS) is 11.1. The molecular formula is C17H26N2O3. The number of carbonyl (C=O) groups is 2. The van der Waals surface area contributed by atoms with Crippen LogP contribution in [-0.2, 0) is 16.6 Å². The summed E-state index contributed by atoms with van der Waals surface area (Å²) in [5.41, 5.74) is 2.27. The van der Waals surface area contributed by atoms with Crippen LogP contribution in [0.2, 0.25) is 0 Å². The number of carboxylic acids is 1. The van der Waals surface area contributed by atoms with E-state index in [1.165, 1.54) is 10.5 Å². The number of hydrogen-bond acceptors (Lipinski definition) is 2. The molecule has 1 aromatic carbocycles. The lowest BCUT2D eigenvalue weighted by Gasteiger charge is -2.27. The topological polar surface area (TPSA) is 69.6 Å². The molecule has 2 N–H and O–H groups in total. The maximum absolute atomic E-state index is 12.0. The van der Waals surface area contributed by atoms with Crippen LogP contribution in [0.15, 0.2) is 24.3 Å². The number of nitrogens with zero attached hydrogens (tertiary/aromatic N) is 1. The first-order chi connectivity index (χ1) is 10.3. The Morgan fingerprint density at radius 2 is 1.82 bits per heavy atom. The quantitative estimate of drug-likeness (QED) is 0.813. The molecule has 2 amide bonds. The first-order valence-electron chi connectivity index (χ1n) is 7.56. The van der Waals surface area contributed by atoms with Gasteiger partial charge in [-0.2, -0.15) is 0 Å². The van der Waals surface area contributed by atoms with E-state index in [-0.39, 0.29) is 24.4 Å². The van der Waals surface area contributed by atoms with Crippen LogP contribution in [0.25, 0.3) is 0 Å². The van der Waals surface area contributed by atoms with Gasteiger partial charge in [0.15, 0.2) is 0 Å². The van der Waals surface area contributed by atoms with E-state index in [1.54, 1.807) is 7.05 Å². The number of hydrogen-bond donors (Lipinski definition) is 2. The van der Waals surface area contributed by atoms with Crippen molar-refractivity contribution in [2.45, 2.75) is 39.0 Å². The zero-order chi connectivity index (χ0) is 16.8. The minimum Gasteiger partial charge on any atom is -0.481 e. The molecule has 0 heterocycles. The largest absolute Gasteiger partial charge is 0.481 e. The van der Waals surface area contributed by atoms with Crippen molar-refractivity contribution in [3.05, 3.63) is 35.4 Å². The molecule has 5 heteroatoms. The highest BCUT2D eigenvalue weighted by atomic mass is 16.4. The third-order valence-corrected chi connectivity index (χ3v) is 3.83. The van der Waals surface area contributed by atoms with Crippen molar-refractivity contribution in [2.24, 2.45) is 0 Å². The average Bonchev–Trinajstić information content (AvgIpc) is 2.50. The highest BCUT2D eigenvalue weighted by Crippen LogP contribution is 2.22. The minimum absolute atomic E-state index is 0.0498. The predicted molar refractivity (Wildman–Crippen MR) is 87.1 cm³/mol. The van der Waals surface area contributed by atoms with Crippen molar-refractivity contribution in [3.63, 3.8) is 0 Å². The Labute approximate surface area is 132 Å². The number of rotatable bonds is 7. The van der Waals surface area contributed by atoms with Crippen molar-refractivity contribution in [1.29, 1.82) is 0 Å². The summed E-state index contributed by atoms with van der Waals surface area (Å²) in [6.45, 7) is 6.96. The summed E-state index contributed by atoms with van der Waals surface area (Å²) in [6, 6.07) is 8.16. The summed E-state index contributed by atoms with van der Waals surface area (Å²) < 4.78 is 0. The van der Waals surface area contributed by atoms with E-state index < -0.39 is 5.97 Å². The first-order valence-corrected chi connectivity index (χ1v) is 7.56. The lowest BCUT2D eigenvalue weighted by Crippen LogP contribution is -2.43. The van der Waals surface area contributed by atoms with E-state index >= 15 is 0 Å². The molecule has 0 aliphatic heterocycles. The van der Waals surface area contributed by atoms with Gasteiger partial charge in [-0.1, -0.05) is 45.0 Å². The van der Waals surface area contributed by atoms with Gasteiger partial charge in [0.2, 0.25) is 0 Å². The van der Waals surface area contributed by atoms with E-state index in [2.05, 4.69) is 50.4 Å². The zero-order valence-electron chi connectivity index (χ0n) is 13.8. The number of aliphatic carboxylic acids is 1. The Morgan fingerprint density at radius 3 is 2.32 bits per heavy atom. The van der Waals surface area contributed by atoms with Gasteiger partial charge in [0, 0.05) is 25.6 Å². The Kier molecular flexibility index (Phi) is 6.40. The van der Waals surface area contributed by atoms with E-state index in [4.69, 9.17) is 5.11 Å². The molecule has 0 aliphatic carbocycles. The van der Waals surface area contributed by atoms with Crippen LogP contribution in [0.3, 0.4) is 0 Å². The van der Waals surface area contributed by atoms with E-state index in [1.807, 2.05) is 0 Å². The number of carboxylic acid groups (broad SMARTS) is 1.